The van der Waals surface area contributed by atoms with Gasteiger partial charge in [0.2, 0.25) is 5.95 Å². The molecule has 6 heterocycles. The summed E-state index contributed by atoms with van der Waals surface area (Å²) in [5.41, 5.74) is 4.90. The largest absolute Gasteiger partial charge is 0.396 e. The van der Waals surface area contributed by atoms with E-state index in [1.54, 1.807) is 0 Å². The maximum Gasteiger partial charge on any atom is 0.325 e. The number of nitrogens with two attached hydrogens (primary N) is 1. The predicted octanol–water partition coefficient (Wildman–Crippen LogP) is -2.26. The van der Waals surface area contributed by atoms with Crippen LogP contribution in [0.15, 0.2) is 28.6 Å². The first-order chi connectivity index (χ1) is 20.1. The standard InChI is InChI=1S/C21H26N9O10PS/c22-21-27-16-12(18(35)28-21)26-7-30(16)19-9(3-8(38-19)1-2-31)40-41(36,42)37-4-10-13(32)14(33)20(39-10)29-6-25-11-15(29)23-5-24-17(11)34/h5-10,13-14,19-20,31-33H,1-4H2,(H,36,42)(H,23,24,34)(H3,22,27,28,35)/t8-,9-,10-,13-,14-,19-,20-,41?/m1/s1. The molecule has 2 saturated heterocycles. The number of hydrogen-bond donors (Lipinski definition) is 7. The number of H-pyrrole nitrogens is 2. The Bertz CT molecular complexity index is 1780. The number of nitrogens with zero attached hydrogens (tertiary/aromatic N) is 6. The van der Waals surface area contributed by atoms with E-state index in [1.807, 2.05) is 0 Å². The van der Waals surface area contributed by atoms with Gasteiger partial charge < -0.3 is 49.5 Å². The molecular formula is C21H26N9O10PS. The number of nitrogens with one attached hydrogen (secondary N) is 2. The number of aliphatic hydroxyl groups is 3. The Kier molecular flexibility index (Phi) is 7.68. The molecule has 1 unspecified atom stereocenters. The van der Waals surface area contributed by atoms with Crippen LogP contribution < -0.4 is 16.9 Å². The number of ether oxygens (including phenoxy) is 2. The first-order valence-corrected chi connectivity index (χ1v) is 15.2. The fourth-order valence-corrected chi connectivity index (χ4v) is 6.47. The van der Waals surface area contributed by atoms with Crippen molar-refractivity contribution >= 4 is 46.8 Å². The third kappa shape index (κ3) is 5.26. The van der Waals surface area contributed by atoms with E-state index in [0.29, 0.717) is 0 Å². The molecule has 0 bridgehead atoms. The molecule has 19 nitrogen and oxygen atoms in total. The molecule has 21 heteroatoms. The quantitative estimate of drug-likeness (QED) is 0.0965. The summed E-state index contributed by atoms with van der Waals surface area (Å²) >= 11 is 5.23. The van der Waals surface area contributed by atoms with Crippen molar-refractivity contribution in [1.29, 1.82) is 0 Å². The third-order valence-corrected chi connectivity index (χ3v) is 8.56. The van der Waals surface area contributed by atoms with Crippen molar-refractivity contribution in [3.05, 3.63) is 39.7 Å². The van der Waals surface area contributed by atoms with Gasteiger partial charge in [-0.1, -0.05) is 0 Å². The number of imidazole rings is 2. The van der Waals surface area contributed by atoms with Gasteiger partial charge in [-0.25, -0.2) is 15.0 Å². The van der Waals surface area contributed by atoms with Gasteiger partial charge in [-0.3, -0.25) is 23.7 Å². The molecule has 0 aromatic carbocycles. The molecule has 6 rings (SSSR count). The average molecular weight is 628 g/mol. The molecule has 42 heavy (non-hydrogen) atoms. The van der Waals surface area contributed by atoms with Gasteiger partial charge in [0.15, 0.2) is 34.8 Å². The van der Waals surface area contributed by atoms with Crippen molar-refractivity contribution in [3.8, 4) is 0 Å². The van der Waals surface area contributed by atoms with E-state index >= 15 is 0 Å². The smallest absolute Gasteiger partial charge is 0.325 e. The van der Waals surface area contributed by atoms with E-state index in [9.17, 15) is 29.8 Å². The highest BCUT2D eigenvalue weighted by Gasteiger charge is 2.46. The summed E-state index contributed by atoms with van der Waals surface area (Å²) in [6.07, 6.45) is -3.49. The third-order valence-electron chi connectivity index (χ3n) is 6.97. The molecule has 0 spiro atoms. The van der Waals surface area contributed by atoms with E-state index in [4.69, 9.17) is 36.1 Å². The van der Waals surface area contributed by atoms with Crippen molar-refractivity contribution in [1.82, 2.24) is 39.0 Å². The van der Waals surface area contributed by atoms with Crippen molar-refractivity contribution in [2.75, 3.05) is 18.9 Å². The molecule has 4 aromatic heterocycles. The summed E-state index contributed by atoms with van der Waals surface area (Å²) in [6, 6.07) is 0. The molecule has 226 valence electrons. The zero-order valence-corrected chi connectivity index (χ0v) is 23.2. The van der Waals surface area contributed by atoms with Gasteiger partial charge in [0, 0.05) is 13.0 Å². The van der Waals surface area contributed by atoms with Crippen LogP contribution in [0.3, 0.4) is 0 Å². The number of rotatable bonds is 9. The molecule has 0 radical (unpaired) electrons. The van der Waals surface area contributed by atoms with Crippen LogP contribution in [0.2, 0.25) is 0 Å². The molecule has 0 saturated carbocycles. The van der Waals surface area contributed by atoms with Gasteiger partial charge in [-0.05, 0) is 18.2 Å². The van der Waals surface area contributed by atoms with Crippen LogP contribution in [0.5, 0.6) is 0 Å². The lowest BCUT2D eigenvalue weighted by Gasteiger charge is -2.25. The molecule has 0 aliphatic carbocycles. The first-order valence-electron chi connectivity index (χ1n) is 12.6. The van der Waals surface area contributed by atoms with Gasteiger partial charge in [-0.2, -0.15) is 4.98 Å². The predicted molar refractivity (Wildman–Crippen MR) is 144 cm³/mol. The van der Waals surface area contributed by atoms with Gasteiger partial charge >= 0.3 is 6.72 Å². The van der Waals surface area contributed by atoms with Crippen molar-refractivity contribution in [2.24, 2.45) is 0 Å². The Morgan fingerprint density at radius 2 is 1.79 bits per heavy atom. The minimum absolute atomic E-state index is 0.00259. The van der Waals surface area contributed by atoms with Crippen molar-refractivity contribution in [2.45, 2.75) is 55.8 Å². The van der Waals surface area contributed by atoms with Gasteiger partial charge in [0.05, 0.1) is 31.7 Å². The van der Waals surface area contributed by atoms with Crippen molar-refractivity contribution < 1.29 is 38.7 Å². The van der Waals surface area contributed by atoms with Crippen molar-refractivity contribution in [3.63, 3.8) is 0 Å². The highest BCUT2D eigenvalue weighted by atomic mass is 32.5. The minimum atomic E-state index is -4.04. The summed E-state index contributed by atoms with van der Waals surface area (Å²) in [5, 5.41) is 30.7. The Labute approximate surface area is 239 Å². The lowest BCUT2D eigenvalue weighted by atomic mass is 10.1. The van der Waals surface area contributed by atoms with Crippen LogP contribution in [0.4, 0.5) is 5.95 Å². The minimum Gasteiger partial charge on any atom is -0.396 e. The maximum atomic E-state index is 12.2. The van der Waals surface area contributed by atoms with E-state index in [0.717, 1.165) is 0 Å². The van der Waals surface area contributed by atoms with Crippen LogP contribution in [0, 0.1) is 0 Å². The van der Waals surface area contributed by atoms with Gasteiger partial charge in [-0.15, -0.1) is 0 Å². The SMILES string of the molecule is Nc1nc2c(ncn2[C@@H]2O[C@H](CCO)C[C@H]2OP(O)(=S)OC[C@H]2O[C@@H](n3cnc4c(=O)[nH]cnc43)[C@H](O)[C@@H]2O)c(=O)[nH]1. The molecule has 2 aliphatic heterocycles. The molecule has 2 fully saturated rings. The fraction of sp³-hybridized carbons (Fsp3) is 0.524. The van der Waals surface area contributed by atoms with E-state index < -0.39 is 67.4 Å². The number of aromatic amines is 2. The van der Waals surface area contributed by atoms with Crippen LogP contribution in [0.25, 0.3) is 22.3 Å². The lowest BCUT2D eigenvalue weighted by Crippen LogP contribution is -2.33. The molecule has 2 aliphatic rings. The number of aliphatic hydroxyl groups excluding tert-OH is 3. The highest BCUT2D eigenvalue weighted by Crippen LogP contribution is 2.50. The summed E-state index contributed by atoms with van der Waals surface area (Å²) in [4.78, 5) is 56.1. The number of fused-ring (bicyclic) bond motifs is 2. The number of hydrogen-bond acceptors (Lipinski definition) is 15. The summed E-state index contributed by atoms with van der Waals surface area (Å²) in [6.45, 7) is -4.69. The first kappa shape index (κ1) is 28.9. The van der Waals surface area contributed by atoms with Crippen LogP contribution >= 0.6 is 6.72 Å². The average Bonchev–Trinajstić information content (AvgIpc) is 3.70. The monoisotopic (exact) mass is 627 g/mol. The van der Waals surface area contributed by atoms with Gasteiger partial charge in [0.1, 0.15) is 24.4 Å². The van der Waals surface area contributed by atoms with E-state index in [-0.39, 0.29) is 47.7 Å². The molecule has 8 N–H and O–H groups in total. The number of aromatic nitrogens is 8. The van der Waals surface area contributed by atoms with E-state index in [2.05, 4.69) is 29.9 Å². The fourth-order valence-electron chi connectivity index (χ4n) is 5.03. The summed E-state index contributed by atoms with van der Waals surface area (Å²) < 4.78 is 25.8. The maximum absolute atomic E-state index is 12.2. The number of nitrogen functional groups attached to an aromatic ring is 1. The Morgan fingerprint density at radius 1 is 1.07 bits per heavy atom. The van der Waals surface area contributed by atoms with E-state index in [1.165, 1.54) is 28.1 Å². The second-order valence-electron chi connectivity index (χ2n) is 9.68. The Balaban J connectivity index is 1.17. The molecule has 4 aromatic rings. The molecule has 8 atom stereocenters. The highest BCUT2D eigenvalue weighted by molar-refractivity contribution is 8.07. The topological polar surface area (TPSA) is 271 Å². The second kappa shape index (κ2) is 11.2. The molecule has 0 amide bonds. The zero-order valence-electron chi connectivity index (χ0n) is 21.5. The Morgan fingerprint density at radius 3 is 2.52 bits per heavy atom. The van der Waals surface area contributed by atoms with Crippen LogP contribution in [-0.2, 0) is 30.3 Å². The van der Waals surface area contributed by atoms with Crippen LogP contribution in [-0.4, -0.2) is 103 Å². The molecular weight excluding hydrogens is 601 g/mol. The normalized spacial score (nSPS) is 29.5. The van der Waals surface area contributed by atoms with Crippen LogP contribution in [0.1, 0.15) is 25.3 Å². The second-order valence-corrected chi connectivity index (χ2v) is 12.5. The summed E-state index contributed by atoms with van der Waals surface area (Å²) in [7, 11) is 0. The summed E-state index contributed by atoms with van der Waals surface area (Å²) in [5.74, 6) is -0.144. The lowest BCUT2D eigenvalue weighted by molar-refractivity contribution is -0.0550. The Hall–Kier alpha value is -3.17. The zero-order chi connectivity index (χ0) is 29.8. The number of anilines is 1. The van der Waals surface area contributed by atoms with Gasteiger partial charge in [0.25, 0.3) is 11.1 Å².